The number of benzene rings is 1. The number of anilines is 1. The molecule has 0 radical (unpaired) electrons. The lowest BCUT2D eigenvalue weighted by Gasteiger charge is -2.08. The average molecular weight is 407 g/mol. The fraction of sp³-hybridized carbons (Fsp3) is 0. The van der Waals surface area contributed by atoms with Gasteiger partial charge in [0.25, 0.3) is 5.91 Å². The van der Waals surface area contributed by atoms with E-state index in [1.807, 2.05) is 0 Å². The van der Waals surface area contributed by atoms with E-state index in [2.05, 4.69) is 31.2 Å². The molecule has 2 aromatic heterocycles. The van der Waals surface area contributed by atoms with Crippen molar-refractivity contribution in [2.45, 2.75) is 0 Å². The first-order valence-electron chi connectivity index (χ1n) is 6.88. The quantitative estimate of drug-likeness (QED) is 0.669. The van der Waals surface area contributed by atoms with Crippen LogP contribution in [-0.4, -0.2) is 15.9 Å². The van der Waals surface area contributed by atoms with Crippen molar-refractivity contribution in [3.8, 4) is 11.3 Å². The molecule has 0 aliphatic heterocycles. The van der Waals surface area contributed by atoms with Gasteiger partial charge >= 0.3 is 0 Å². The Labute approximate surface area is 150 Å². The molecule has 24 heavy (non-hydrogen) atoms. The van der Waals surface area contributed by atoms with Crippen molar-refractivity contribution in [1.29, 1.82) is 0 Å². The van der Waals surface area contributed by atoms with E-state index in [4.69, 9.17) is 11.6 Å². The molecular weight excluding hydrogens is 397 g/mol. The number of amides is 1. The van der Waals surface area contributed by atoms with E-state index in [1.165, 1.54) is 18.3 Å². The first-order valence-corrected chi connectivity index (χ1v) is 8.05. The number of nitrogens with one attached hydrogen (secondary N) is 1. The van der Waals surface area contributed by atoms with Crippen molar-refractivity contribution in [3.63, 3.8) is 0 Å². The van der Waals surface area contributed by atoms with Gasteiger partial charge in [-0.2, -0.15) is 0 Å². The van der Waals surface area contributed by atoms with Gasteiger partial charge in [0.1, 0.15) is 11.6 Å². The second-order valence-corrected chi connectivity index (χ2v) is 6.17. The summed E-state index contributed by atoms with van der Waals surface area (Å²) in [4.78, 5) is 20.3. The molecule has 1 N–H and O–H groups in total. The van der Waals surface area contributed by atoms with Crippen LogP contribution in [0.25, 0.3) is 11.3 Å². The van der Waals surface area contributed by atoms with E-state index in [0.717, 1.165) is 10.5 Å². The van der Waals surface area contributed by atoms with Gasteiger partial charge in [0.15, 0.2) is 0 Å². The van der Waals surface area contributed by atoms with E-state index >= 15 is 0 Å². The van der Waals surface area contributed by atoms with Crippen LogP contribution in [0, 0.1) is 5.82 Å². The van der Waals surface area contributed by atoms with Crippen molar-refractivity contribution < 1.29 is 9.18 Å². The molecule has 4 nitrogen and oxygen atoms in total. The maximum atomic E-state index is 14.4. The molecule has 0 aliphatic rings. The van der Waals surface area contributed by atoms with Crippen LogP contribution < -0.4 is 5.32 Å². The zero-order valence-corrected chi connectivity index (χ0v) is 14.5. The van der Waals surface area contributed by atoms with Crippen LogP contribution in [-0.2, 0) is 0 Å². The Kier molecular flexibility index (Phi) is 4.87. The lowest BCUT2D eigenvalue weighted by Crippen LogP contribution is -2.13. The Hall–Kier alpha value is -2.31. The zero-order chi connectivity index (χ0) is 17.1. The van der Waals surface area contributed by atoms with E-state index in [-0.39, 0.29) is 11.1 Å². The normalized spacial score (nSPS) is 10.5. The Morgan fingerprint density at radius 1 is 1.17 bits per heavy atom. The number of carbonyl (C=O) groups is 1. The van der Waals surface area contributed by atoms with Crippen LogP contribution >= 0.6 is 27.5 Å². The van der Waals surface area contributed by atoms with Gasteiger partial charge in [-0.3, -0.25) is 9.78 Å². The summed E-state index contributed by atoms with van der Waals surface area (Å²) in [6.45, 7) is 0. The summed E-state index contributed by atoms with van der Waals surface area (Å²) in [7, 11) is 0. The van der Waals surface area contributed by atoms with Gasteiger partial charge in [0.2, 0.25) is 0 Å². The monoisotopic (exact) mass is 405 g/mol. The topological polar surface area (TPSA) is 54.9 Å². The van der Waals surface area contributed by atoms with Crippen LogP contribution in [0.3, 0.4) is 0 Å². The molecule has 0 spiro atoms. The number of halogens is 3. The largest absolute Gasteiger partial charge is 0.307 e. The highest BCUT2D eigenvalue weighted by atomic mass is 79.9. The molecule has 0 unspecified atom stereocenters. The molecule has 0 fully saturated rings. The number of carbonyl (C=O) groups excluding carboxylic acids is 1. The Morgan fingerprint density at radius 3 is 2.67 bits per heavy atom. The van der Waals surface area contributed by atoms with E-state index in [1.54, 1.807) is 30.5 Å². The highest BCUT2D eigenvalue weighted by Gasteiger charge is 2.14. The van der Waals surface area contributed by atoms with Gasteiger partial charge in [-0.25, -0.2) is 9.37 Å². The summed E-state index contributed by atoms with van der Waals surface area (Å²) in [5.74, 6) is -0.658. The van der Waals surface area contributed by atoms with Gasteiger partial charge < -0.3 is 5.32 Å². The van der Waals surface area contributed by atoms with Crippen LogP contribution in [0.4, 0.5) is 10.2 Å². The Bertz CT molecular complexity index is 903. The Morgan fingerprint density at radius 2 is 2.00 bits per heavy atom. The van der Waals surface area contributed by atoms with Gasteiger partial charge in [-0.15, -0.1) is 0 Å². The van der Waals surface area contributed by atoms with Crippen molar-refractivity contribution >= 4 is 39.3 Å². The molecule has 3 rings (SSSR count). The third kappa shape index (κ3) is 3.60. The van der Waals surface area contributed by atoms with Crippen molar-refractivity contribution in [2.24, 2.45) is 0 Å². The fourth-order valence-electron chi connectivity index (χ4n) is 2.07. The molecule has 0 atom stereocenters. The molecule has 0 saturated heterocycles. The Balaban J connectivity index is 1.85. The molecule has 2 heterocycles. The predicted octanol–water partition coefficient (Wildman–Crippen LogP) is 4.95. The number of pyridine rings is 2. The van der Waals surface area contributed by atoms with E-state index in [9.17, 15) is 9.18 Å². The third-order valence-corrected chi connectivity index (χ3v) is 3.99. The number of aromatic nitrogens is 2. The molecule has 1 aromatic carbocycles. The smallest absolute Gasteiger partial charge is 0.256 e. The first-order chi connectivity index (χ1) is 11.5. The fourth-order valence-corrected chi connectivity index (χ4v) is 2.53. The summed E-state index contributed by atoms with van der Waals surface area (Å²) >= 11 is 9.29. The molecular formula is C17H10BrClFN3O. The zero-order valence-electron chi connectivity index (χ0n) is 12.1. The molecule has 0 aliphatic carbocycles. The highest BCUT2D eigenvalue weighted by molar-refractivity contribution is 9.10. The molecule has 0 bridgehead atoms. The second-order valence-electron chi connectivity index (χ2n) is 4.84. The lowest BCUT2D eigenvalue weighted by molar-refractivity contribution is 0.102. The van der Waals surface area contributed by atoms with Crippen molar-refractivity contribution in [3.05, 3.63) is 75.7 Å². The van der Waals surface area contributed by atoms with Gasteiger partial charge in [-0.1, -0.05) is 11.6 Å². The molecule has 120 valence electrons. The number of rotatable bonds is 3. The van der Waals surface area contributed by atoms with Crippen LogP contribution in [0.1, 0.15) is 10.4 Å². The van der Waals surface area contributed by atoms with Gasteiger partial charge in [0.05, 0.1) is 10.7 Å². The summed E-state index contributed by atoms with van der Waals surface area (Å²) in [5.41, 5.74) is 0.741. The molecule has 7 heteroatoms. The minimum absolute atomic E-state index is 0.174. The number of hydrogen-bond donors (Lipinski definition) is 1. The van der Waals surface area contributed by atoms with Crippen LogP contribution in [0.2, 0.25) is 5.02 Å². The highest BCUT2D eigenvalue weighted by Crippen LogP contribution is 2.28. The van der Waals surface area contributed by atoms with Crippen LogP contribution in [0.5, 0.6) is 0 Å². The summed E-state index contributed by atoms with van der Waals surface area (Å²) in [5, 5.41) is 2.94. The van der Waals surface area contributed by atoms with E-state index < -0.39 is 11.7 Å². The lowest BCUT2D eigenvalue weighted by atomic mass is 10.1. The minimum atomic E-state index is -0.577. The third-order valence-electron chi connectivity index (χ3n) is 3.21. The maximum Gasteiger partial charge on any atom is 0.256 e. The predicted molar refractivity (Wildman–Crippen MR) is 94.5 cm³/mol. The number of nitrogens with zero attached hydrogens (tertiary/aromatic N) is 2. The molecule has 1 amide bonds. The summed E-state index contributed by atoms with van der Waals surface area (Å²) in [6.07, 6.45) is 3.09. The van der Waals surface area contributed by atoms with Gasteiger partial charge in [0, 0.05) is 28.0 Å². The molecule has 3 aromatic rings. The van der Waals surface area contributed by atoms with Crippen molar-refractivity contribution in [2.75, 3.05) is 5.32 Å². The van der Waals surface area contributed by atoms with E-state index in [0.29, 0.717) is 16.5 Å². The van der Waals surface area contributed by atoms with Crippen molar-refractivity contribution in [1.82, 2.24) is 9.97 Å². The second kappa shape index (κ2) is 7.07. The SMILES string of the molecule is O=C(Nc1ccc(Br)cn1)c1ccc(-c2ncccc2Cl)c(F)c1. The maximum absolute atomic E-state index is 14.4. The number of hydrogen-bond acceptors (Lipinski definition) is 3. The average Bonchev–Trinajstić information content (AvgIpc) is 2.57. The molecule has 0 saturated carbocycles. The summed E-state index contributed by atoms with van der Waals surface area (Å²) in [6, 6.07) is 10.8. The minimum Gasteiger partial charge on any atom is -0.307 e. The first kappa shape index (κ1) is 16.5. The standard InChI is InChI=1S/C17H10BrClFN3O/c18-11-4-6-15(22-9-11)23-17(24)10-3-5-12(14(20)8-10)16-13(19)2-1-7-21-16/h1-9H,(H,22,23,24). The van der Waals surface area contributed by atoms with Crippen LogP contribution in [0.15, 0.2) is 59.3 Å². The van der Waals surface area contributed by atoms with Gasteiger partial charge in [-0.05, 0) is 58.4 Å². The summed E-state index contributed by atoms with van der Waals surface area (Å²) < 4.78 is 15.2.